The maximum absolute atomic E-state index is 12.7. The summed E-state index contributed by atoms with van der Waals surface area (Å²) in [5.41, 5.74) is 5.86. The molecule has 74 valence electrons. The minimum Gasteiger partial charge on any atom is -0.370 e. The van der Waals surface area contributed by atoms with Crippen molar-refractivity contribution >= 4 is 11.6 Å². The van der Waals surface area contributed by atoms with Crippen LogP contribution >= 0.6 is 0 Å². The quantitative estimate of drug-likeness (QED) is 0.683. The molecule has 14 heavy (non-hydrogen) atoms. The van der Waals surface area contributed by atoms with Crippen molar-refractivity contribution in [3.05, 3.63) is 24.3 Å². The molecule has 1 fully saturated rings. The van der Waals surface area contributed by atoms with Crippen molar-refractivity contribution in [2.75, 3.05) is 18.0 Å². The van der Waals surface area contributed by atoms with E-state index in [1.807, 2.05) is 4.90 Å². The van der Waals surface area contributed by atoms with Crippen molar-refractivity contribution in [2.45, 2.75) is 0 Å². The van der Waals surface area contributed by atoms with Gasteiger partial charge in [-0.25, -0.2) is 4.98 Å². The number of hydrogen-bond acceptors (Lipinski definition) is 3. The number of halogens is 1. The van der Waals surface area contributed by atoms with E-state index in [1.54, 1.807) is 6.07 Å². The van der Waals surface area contributed by atoms with Crippen molar-refractivity contribution in [1.82, 2.24) is 4.98 Å². The molecule has 5 heteroatoms. The molecule has 1 saturated heterocycles. The first kappa shape index (κ1) is 8.93. The smallest absolute Gasteiger partial charge is 0.224 e. The largest absolute Gasteiger partial charge is 0.370 e. The summed E-state index contributed by atoms with van der Waals surface area (Å²) in [5, 5.41) is 0. The molecule has 0 saturated carbocycles. The summed E-state index contributed by atoms with van der Waals surface area (Å²) in [7, 11) is 0. The number of carbonyl (C=O) groups excluding carboxylic acids is 1. The highest BCUT2D eigenvalue weighted by Gasteiger charge is 2.31. The van der Waals surface area contributed by atoms with Gasteiger partial charge in [0.05, 0.1) is 5.92 Å². The molecule has 0 aromatic carbocycles. The molecule has 4 nitrogen and oxygen atoms in total. The average molecular weight is 195 g/mol. The monoisotopic (exact) mass is 195 g/mol. The van der Waals surface area contributed by atoms with Gasteiger partial charge >= 0.3 is 0 Å². The number of anilines is 1. The topological polar surface area (TPSA) is 59.2 Å². The van der Waals surface area contributed by atoms with Crippen LogP contribution in [0, 0.1) is 11.9 Å². The fourth-order valence-electron chi connectivity index (χ4n) is 1.46. The third kappa shape index (κ3) is 1.53. The number of nitrogens with zero attached hydrogens (tertiary/aromatic N) is 2. The molecule has 1 aliphatic heterocycles. The summed E-state index contributed by atoms with van der Waals surface area (Å²) >= 11 is 0. The Bertz CT molecular complexity index is 363. The van der Waals surface area contributed by atoms with Crippen LogP contribution in [0.4, 0.5) is 10.1 Å². The first-order valence-electron chi connectivity index (χ1n) is 4.32. The Morgan fingerprint density at radius 3 is 2.93 bits per heavy atom. The predicted molar refractivity (Wildman–Crippen MR) is 49.1 cm³/mol. The number of carbonyl (C=O) groups is 1. The fraction of sp³-hybridized carbons (Fsp3) is 0.333. The van der Waals surface area contributed by atoms with Crippen LogP contribution in [-0.4, -0.2) is 24.0 Å². The molecule has 2 heterocycles. The van der Waals surface area contributed by atoms with Crippen LogP contribution in [-0.2, 0) is 4.79 Å². The van der Waals surface area contributed by atoms with Crippen molar-refractivity contribution in [2.24, 2.45) is 11.7 Å². The Labute approximate surface area is 80.5 Å². The molecule has 2 rings (SSSR count). The molecule has 1 amide bonds. The lowest BCUT2D eigenvalue weighted by atomic mass is 9.99. The SMILES string of the molecule is NC(=O)C1CN(c2ccnc(F)c2)C1. The lowest BCUT2D eigenvalue weighted by Gasteiger charge is -2.39. The first-order valence-corrected chi connectivity index (χ1v) is 4.32. The first-order chi connectivity index (χ1) is 6.66. The van der Waals surface area contributed by atoms with Gasteiger partial charge < -0.3 is 10.6 Å². The fourth-order valence-corrected chi connectivity index (χ4v) is 1.46. The van der Waals surface area contributed by atoms with E-state index in [0.717, 1.165) is 5.69 Å². The Morgan fingerprint density at radius 1 is 1.64 bits per heavy atom. The number of aromatic nitrogens is 1. The molecule has 0 radical (unpaired) electrons. The van der Waals surface area contributed by atoms with Crippen molar-refractivity contribution in [3.63, 3.8) is 0 Å². The number of amides is 1. The van der Waals surface area contributed by atoms with Gasteiger partial charge in [-0.15, -0.1) is 0 Å². The zero-order valence-corrected chi connectivity index (χ0v) is 7.48. The number of rotatable bonds is 2. The zero-order valence-electron chi connectivity index (χ0n) is 7.48. The van der Waals surface area contributed by atoms with Gasteiger partial charge in [0.2, 0.25) is 11.9 Å². The van der Waals surface area contributed by atoms with Crippen molar-refractivity contribution in [3.8, 4) is 0 Å². The van der Waals surface area contributed by atoms with E-state index in [1.165, 1.54) is 12.3 Å². The molecule has 0 unspecified atom stereocenters. The number of pyridine rings is 1. The van der Waals surface area contributed by atoms with E-state index >= 15 is 0 Å². The molecule has 1 aromatic rings. The molecule has 0 spiro atoms. The van der Waals surface area contributed by atoms with E-state index in [0.29, 0.717) is 13.1 Å². The standard InChI is InChI=1S/C9H10FN3O/c10-8-3-7(1-2-12-8)13-4-6(5-13)9(11)14/h1-3,6H,4-5H2,(H2,11,14). The lowest BCUT2D eigenvalue weighted by molar-refractivity contribution is -0.122. The van der Waals surface area contributed by atoms with Crippen molar-refractivity contribution < 1.29 is 9.18 Å². The molecule has 1 aromatic heterocycles. The number of hydrogen-bond donors (Lipinski definition) is 1. The van der Waals surface area contributed by atoms with E-state index in [9.17, 15) is 9.18 Å². The summed E-state index contributed by atoms with van der Waals surface area (Å²) in [6, 6.07) is 3.05. The van der Waals surface area contributed by atoms with Gasteiger partial charge in [-0.2, -0.15) is 4.39 Å². The Kier molecular flexibility index (Phi) is 2.07. The zero-order chi connectivity index (χ0) is 10.1. The molecule has 0 atom stereocenters. The van der Waals surface area contributed by atoms with Crippen LogP contribution < -0.4 is 10.6 Å². The summed E-state index contributed by atoms with van der Waals surface area (Å²) < 4.78 is 12.7. The molecule has 0 aliphatic carbocycles. The maximum Gasteiger partial charge on any atom is 0.224 e. The summed E-state index contributed by atoms with van der Waals surface area (Å²) in [4.78, 5) is 16.1. The average Bonchev–Trinajstić information content (AvgIpc) is 2.00. The van der Waals surface area contributed by atoms with E-state index in [-0.39, 0.29) is 11.8 Å². The van der Waals surface area contributed by atoms with Gasteiger partial charge in [0.1, 0.15) is 0 Å². The van der Waals surface area contributed by atoms with E-state index in [2.05, 4.69) is 4.98 Å². The third-order valence-corrected chi connectivity index (χ3v) is 2.36. The van der Waals surface area contributed by atoms with Gasteiger partial charge in [-0.05, 0) is 6.07 Å². The van der Waals surface area contributed by atoms with Gasteiger partial charge in [0.15, 0.2) is 0 Å². The Morgan fingerprint density at radius 2 is 2.36 bits per heavy atom. The van der Waals surface area contributed by atoms with Gasteiger partial charge in [-0.3, -0.25) is 4.79 Å². The highest BCUT2D eigenvalue weighted by atomic mass is 19.1. The lowest BCUT2D eigenvalue weighted by Crippen LogP contribution is -2.52. The van der Waals surface area contributed by atoms with Crippen molar-refractivity contribution in [1.29, 1.82) is 0 Å². The predicted octanol–water partition coefficient (Wildman–Crippen LogP) is 0.142. The van der Waals surface area contributed by atoms with E-state index < -0.39 is 5.95 Å². The molecule has 0 bridgehead atoms. The van der Waals surface area contributed by atoms with Crippen LogP contribution in [0.25, 0.3) is 0 Å². The maximum atomic E-state index is 12.7. The molecule has 2 N–H and O–H groups in total. The Balaban J connectivity index is 2.03. The van der Waals surface area contributed by atoms with Gasteiger partial charge in [-0.1, -0.05) is 0 Å². The van der Waals surface area contributed by atoms with Crippen LogP contribution in [0.2, 0.25) is 0 Å². The summed E-state index contributed by atoms with van der Waals surface area (Å²) in [6.45, 7) is 1.14. The van der Waals surface area contributed by atoms with Crippen LogP contribution in [0.5, 0.6) is 0 Å². The highest BCUT2D eigenvalue weighted by molar-refractivity contribution is 5.80. The second-order valence-corrected chi connectivity index (χ2v) is 3.34. The Hall–Kier alpha value is -1.65. The highest BCUT2D eigenvalue weighted by Crippen LogP contribution is 2.23. The molecule has 1 aliphatic rings. The minimum absolute atomic E-state index is 0.105. The van der Waals surface area contributed by atoms with E-state index in [4.69, 9.17) is 5.73 Å². The normalized spacial score (nSPS) is 16.5. The van der Waals surface area contributed by atoms with Crippen LogP contribution in [0.3, 0.4) is 0 Å². The molecular formula is C9H10FN3O. The summed E-state index contributed by atoms with van der Waals surface area (Å²) in [5.74, 6) is -0.910. The third-order valence-electron chi connectivity index (χ3n) is 2.36. The van der Waals surface area contributed by atoms with Gasteiger partial charge in [0, 0.05) is 31.0 Å². The minimum atomic E-state index is -0.509. The van der Waals surface area contributed by atoms with Crippen LogP contribution in [0.15, 0.2) is 18.3 Å². The second kappa shape index (κ2) is 3.25. The van der Waals surface area contributed by atoms with Gasteiger partial charge in [0.25, 0.3) is 0 Å². The molecular weight excluding hydrogens is 185 g/mol. The summed E-state index contributed by atoms with van der Waals surface area (Å²) in [6.07, 6.45) is 1.41. The second-order valence-electron chi connectivity index (χ2n) is 3.34. The number of nitrogens with two attached hydrogens (primary N) is 1. The number of primary amides is 1. The van der Waals surface area contributed by atoms with Crippen LogP contribution in [0.1, 0.15) is 0 Å².